The van der Waals surface area contributed by atoms with Gasteiger partial charge in [-0.15, -0.1) is 0 Å². The zero-order chi connectivity index (χ0) is 20.7. The fourth-order valence-corrected chi connectivity index (χ4v) is 3.27. The standard InChI is InChI=1S/C19H35O6P2/c1-17(2)11-8-6-5-7-9-12-18(3)13-10-14-19(4)15-16-24-26(20)25-27(21,22)23/h5,7,11,13,15,20-23H,6,8-10,12,14,16H2,1-4H3/q+1. The second-order valence-corrected chi connectivity index (χ2v) is 9.05. The Hall–Kier alpha value is -0.420. The summed E-state index contributed by atoms with van der Waals surface area (Å²) in [5.74, 6) is 0. The van der Waals surface area contributed by atoms with Crippen LogP contribution in [0.5, 0.6) is 0 Å². The molecular weight excluding hydrogens is 386 g/mol. The van der Waals surface area contributed by atoms with Crippen molar-refractivity contribution in [3.8, 4) is 0 Å². The molecule has 0 rings (SSSR count). The van der Waals surface area contributed by atoms with Crippen LogP contribution in [0.1, 0.15) is 66.2 Å². The van der Waals surface area contributed by atoms with Crippen molar-refractivity contribution in [1.29, 1.82) is 0 Å². The van der Waals surface area contributed by atoms with Gasteiger partial charge in [0, 0.05) is 0 Å². The molecule has 1 atom stereocenters. The van der Waals surface area contributed by atoms with Crippen LogP contribution in [0.2, 0.25) is 0 Å². The van der Waals surface area contributed by atoms with Gasteiger partial charge < -0.3 is 9.42 Å². The topological polar surface area (TPSA) is 99.4 Å². The summed E-state index contributed by atoms with van der Waals surface area (Å²) >= 11 is 0. The summed E-state index contributed by atoms with van der Waals surface area (Å²) in [4.78, 5) is 35.2. The molecule has 156 valence electrons. The maximum atomic E-state index is 9.24. The highest BCUT2D eigenvalue weighted by atomic mass is 31.3. The molecule has 0 saturated heterocycles. The van der Waals surface area contributed by atoms with E-state index < -0.39 is 16.8 Å². The Bertz CT molecular complexity index is 517. The number of unbranched alkanes of at least 4 members (excludes halogenated alkanes) is 1. The van der Waals surface area contributed by atoms with Crippen LogP contribution in [0.25, 0.3) is 0 Å². The number of hydrogen-bond acceptors (Lipinski definition) is 6. The van der Waals surface area contributed by atoms with Crippen LogP contribution in [0.3, 0.4) is 0 Å². The van der Waals surface area contributed by atoms with Gasteiger partial charge in [-0.1, -0.05) is 51.4 Å². The molecule has 0 bridgehead atoms. The molecule has 0 aliphatic rings. The van der Waals surface area contributed by atoms with Crippen LogP contribution < -0.4 is 0 Å². The third-order valence-corrected chi connectivity index (χ3v) is 5.39. The molecule has 0 fully saturated rings. The first-order chi connectivity index (χ1) is 12.6. The average Bonchev–Trinajstić information content (AvgIpc) is 2.52. The lowest BCUT2D eigenvalue weighted by molar-refractivity contribution is 0.205. The van der Waals surface area contributed by atoms with Gasteiger partial charge >= 0.3 is 16.8 Å². The molecule has 0 aliphatic heterocycles. The van der Waals surface area contributed by atoms with E-state index in [0.717, 1.165) is 44.1 Å². The first-order valence-electron chi connectivity index (χ1n) is 9.08. The molecule has 6 nitrogen and oxygen atoms in total. The Kier molecular flexibility index (Phi) is 15.3. The van der Waals surface area contributed by atoms with Crippen molar-refractivity contribution in [3.63, 3.8) is 0 Å². The molecule has 0 aromatic heterocycles. The summed E-state index contributed by atoms with van der Waals surface area (Å²) in [7, 11) is -6.97. The van der Waals surface area contributed by atoms with Crippen molar-refractivity contribution < 1.29 is 28.4 Å². The number of hydrogen-bond donors (Lipinski definition) is 4. The van der Waals surface area contributed by atoms with Crippen LogP contribution in [0.4, 0.5) is 0 Å². The summed E-state index contributed by atoms with van der Waals surface area (Å²) in [6, 6.07) is 0. The smallest absolute Gasteiger partial charge is 0.325 e. The van der Waals surface area contributed by atoms with Crippen LogP contribution in [0, 0.1) is 0 Å². The van der Waals surface area contributed by atoms with Gasteiger partial charge in [-0.25, -0.2) is 0 Å². The van der Waals surface area contributed by atoms with E-state index in [1.165, 1.54) is 11.1 Å². The Labute approximate surface area is 165 Å². The molecule has 0 aromatic rings. The van der Waals surface area contributed by atoms with E-state index in [-0.39, 0.29) is 6.61 Å². The minimum absolute atomic E-state index is 0.0777. The molecule has 1 unspecified atom stereocenters. The normalized spacial score (nSPS) is 14.7. The third kappa shape index (κ3) is 20.1. The predicted octanol–water partition coefficient (Wildman–Crippen LogP) is 5.65. The highest BCUT2D eigenvalue weighted by Gasteiger charge is 2.39. The SMILES string of the molecule is CC(C)=CCCC=CCCC(C)=CCCC(C)=CCOP(O)O[P+](O)(O)O. The Morgan fingerprint density at radius 3 is 2.04 bits per heavy atom. The lowest BCUT2D eigenvalue weighted by Crippen LogP contribution is -1.94. The number of allylic oxidation sites excluding steroid dienone is 7. The van der Waals surface area contributed by atoms with Gasteiger partial charge in [0.1, 0.15) is 0 Å². The van der Waals surface area contributed by atoms with Gasteiger partial charge in [0.2, 0.25) is 0 Å². The Morgan fingerprint density at radius 1 is 0.815 bits per heavy atom. The predicted molar refractivity (Wildman–Crippen MR) is 114 cm³/mol. The lowest BCUT2D eigenvalue weighted by atomic mass is 10.1. The molecule has 4 N–H and O–H groups in total. The molecule has 8 heteroatoms. The fourth-order valence-electron chi connectivity index (χ4n) is 2.13. The summed E-state index contributed by atoms with van der Waals surface area (Å²) < 4.78 is 9.01. The van der Waals surface area contributed by atoms with Gasteiger partial charge in [0.25, 0.3) is 0 Å². The lowest BCUT2D eigenvalue weighted by Gasteiger charge is -2.07. The summed E-state index contributed by atoms with van der Waals surface area (Å²) in [5.41, 5.74) is 3.83. The van der Waals surface area contributed by atoms with Gasteiger partial charge in [0.05, 0.1) is 6.61 Å². The third-order valence-electron chi connectivity index (χ3n) is 3.59. The van der Waals surface area contributed by atoms with Gasteiger partial charge in [-0.3, -0.25) is 0 Å². The molecule has 0 heterocycles. The summed E-state index contributed by atoms with van der Waals surface area (Å²) in [5, 5.41) is 0. The maximum absolute atomic E-state index is 9.24. The molecule has 27 heavy (non-hydrogen) atoms. The summed E-state index contributed by atoms with van der Waals surface area (Å²) in [6.07, 6.45) is 16.9. The summed E-state index contributed by atoms with van der Waals surface area (Å²) in [6.45, 7) is 8.42. The highest BCUT2D eigenvalue weighted by molar-refractivity contribution is 7.62. The van der Waals surface area contributed by atoms with Crippen molar-refractivity contribution >= 4 is 16.8 Å². The van der Waals surface area contributed by atoms with Gasteiger partial charge in [-0.05, 0) is 66.2 Å². The minimum Gasteiger partial charge on any atom is -0.325 e. The van der Waals surface area contributed by atoms with Crippen LogP contribution in [-0.4, -0.2) is 26.2 Å². The number of rotatable bonds is 14. The molecule has 0 spiro atoms. The van der Waals surface area contributed by atoms with E-state index in [2.05, 4.69) is 49.4 Å². The molecular formula is C19H35O6P2+. The largest absolute Gasteiger partial charge is 0.575 e. The van der Waals surface area contributed by atoms with E-state index in [0.29, 0.717) is 0 Å². The zero-order valence-electron chi connectivity index (χ0n) is 16.8. The van der Waals surface area contributed by atoms with Crippen molar-refractivity contribution in [1.82, 2.24) is 0 Å². The van der Waals surface area contributed by atoms with Crippen molar-refractivity contribution in [3.05, 3.63) is 47.1 Å². The van der Waals surface area contributed by atoms with Gasteiger partial charge in [0.15, 0.2) is 0 Å². The Balaban J connectivity index is 3.91. The second-order valence-electron chi connectivity index (χ2n) is 6.64. The first-order valence-corrected chi connectivity index (χ1v) is 11.8. The second kappa shape index (κ2) is 15.5. The van der Waals surface area contributed by atoms with E-state index in [4.69, 9.17) is 19.2 Å². The first kappa shape index (κ1) is 26.6. The van der Waals surface area contributed by atoms with E-state index in [9.17, 15) is 4.89 Å². The zero-order valence-corrected chi connectivity index (χ0v) is 18.6. The van der Waals surface area contributed by atoms with E-state index >= 15 is 0 Å². The quantitative estimate of drug-likeness (QED) is 0.164. The maximum Gasteiger partial charge on any atom is 0.575 e. The Morgan fingerprint density at radius 2 is 1.41 bits per heavy atom. The minimum atomic E-state index is -4.47. The molecule has 0 aliphatic carbocycles. The molecule has 0 radical (unpaired) electrons. The van der Waals surface area contributed by atoms with E-state index in [1.807, 2.05) is 6.92 Å². The van der Waals surface area contributed by atoms with E-state index in [1.54, 1.807) is 6.08 Å². The molecule has 0 saturated carbocycles. The molecule has 0 aromatic carbocycles. The monoisotopic (exact) mass is 421 g/mol. The average molecular weight is 421 g/mol. The van der Waals surface area contributed by atoms with Gasteiger partial charge in [-0.2, -0.15) is 14.7 Å². The molecule has 0 amide bonds. The van der Waals surface area contributed by atoms with Crippen LogP contribution in [0.15, 0.2) is 47.1 Å². The van der Waals surface area contributed by atoms with Crippen LogP contribution in [-0.2, 0) is 8.83 Å². The van der Waals surface area contributed by atoms with Crippen molar-refractivity contribution in [2.45, 2.75) is 66.2 Å². The highest BCUT2D eigenvalue weighted by Crippen LogP contribution is 2.57. The van der Waals surface area contributed by atoms with Crippen molar-refractivity contribution in [2.24, 2.45) is 0 Å². The van der Waals surface area contributed by atoms with Crippen molar-refractivity contribution in [2.75, 3.05) is 6.61 Å². The van der Waals surface area contributed by atoms with Crippen LogP contribution >= 0.6 is 16.8 Å². The fraction of sp³-hybridized carbons (Fsp3) is 0.579.